The number of aromatic nitrogens is 8. The summed E-state index contributed by atoms with van der Waals surface area (Å²) < 4.78 is 5.90. The summed E-state index contributed by atoms with van der Waals surface area (Å²) in [4.78, 5) is 29.1. The van der Waals surface area contributed by atoms with Gasteiger partial charge in [0.2, 0.25) is 5.28 Å². The molecule has 0 saturated heterocycles. The Morgan fingerprint density at radius 2 is 0.525 bits per heavy atom. The molecule has 4 aromatic heterocycles. The largest absolute Gasteiger partial charge is 0.309 e. The number of halogens is 2. The lowest BCUT2D eigenvalue weighted by molar-refractivity contribution is 0.661. The summed E-state index contributed by atoms with van der Waals surface area (Å²) in [5.74, 6) is 2.98. The Labute approximate surface area is 699 Å². The van der Waals surface area contributed by atoms with E-state index in [9.17, 15) is 0 Å². The molecule has 20 aromatic rings. The predicted molar refractivity (Wildman–Crippen MR) is 492 cm³/mol. The van der Waals surface area contributed by atoms with Crippen molar-refractivity contribution in [2.75, 3.05) is 0 Å². The molecule has 0 spiro atoms. The van der Waals surface area contributed by atoms with Crippen molar-refractivity contribution in [2.24, 2.45) is 0 Å². The van der Waals surface area contributed by atoms with Crippen LogP contribution in [0, 0.1) is 0 Å². The van der Waals surface area contributed by atoms with Gasteiger partial charge in [-0.25, -0.2) is 19.9 Å². The fourth-order valence-electron chi connectivity index (χ4n) is 17.5. The molecule has 0 saturated carbocycles. The van der Waals surface area contributed by atoms with Gasteiger partial charge in [0.15, 0.2) is 29.1 Å². The Morgan fingerprint density at radius 1 is 0.220 bits per heavy atom. The van der Waals surface area contributed by atoms with Gasteiger partial charge in [-0.1, -0.05) is 329 Å². The first-order chi connectivity index (χ1) is 57.8. The van der Waals surface area contributed by atoms with Crippen LogP contribution in [-0.4, -0.2) is 39.0 Å². The Hall–Kier alpha value is -14.1. The molecule has 22 rings (SSSR count). The number of benzene rings is 16. The maximum absolute atomic E-state index is 6.30. The van der Waals surface area contributed by atoms with Crippen molar-refractivity contribution in [3.05, 3.63) is 420 Å². The van der Waals surface area contributed by atoms with Gasteiger partial charge in [0.25, 0.3) is 0 Å². The summed E-state index contributed by atoms with van der Waals surface area (Å²) in [5.41, 5.74) is 31.4. The molecular formula is C108H76BrClN8. The zero-order valence-corrected chi connectivity index (χ0v) is 67.6. The van der Waals surface area contributed by atoms with Crippen LogP contribution < -0.4 is 0 Å². The third-order valence-corrected chi connectivity index (χ3v) is 24.0. The second-order valence-corrected chi connectivity index (χ2v) is 32.5. The van der Waals surface area contributed by atoms with E-state index in [1.807, 2.05) is 84.9 Å². The summed E-state index contributed by atoms with van der Waals surface area (Å²) in [5, 5.41) is 5.26. The zero-order chi connectivity index (χ0) is 79.6. The number of hydrogen-bond donors (Lipinski definition) is 0. The Kier molecular flexibility index (Phi) is 18.7. The topological polar surface area (TPSA) is 87.2 Å². The number of rotatable bonds is 11. The van der Waals surface area contributed by atoms with Crippen LogP contribution in [0.1, 0.15) is 49.9 Å². The van der Waals surface area contributed by atoms with Gasteiger partial charge in [-0.05, 0) is 204 Å². The van der Waals surface area contributed by atoms with Gasteiger partial charge in [-0.2, -0.15) is 9.97 Å². The Morgan fingerprint density at radius 3 is 0.932 bits per heavy atom. The van der Waals surface area contributed by atoms with Crippen LogP contribution in [0.15, 0.2) is 393 Å². The van der Waals surface area contributed by atoms with E-state index < -0.39 is 0 Å². The number of fused-ring (bicyclic) bond motifs is 12. The highest BCUT2D eigenvalue weighted by atomic mass is 79.9. The number of hydrogen-bond acceptors (Lipinski definition) is 6. The average Bonchev–Trinajstić information content (AvgIpc) is 1.55. The van der Waals surface area contributed by atoms with Crippen molar-refractivity contribution in [2.45, 2.75) is 38.5 Å². The van der Waals surface area contributed by atoms with Crippen LogP contribution in [0.3, 0.4) is 0 Å². The summed E-state index contributed by atoms with van der Waals surface area (Å²) in [6.45, 7) is 9.38. The van der Waals surface area contributed by atoms with Gasteiger partial charge in [-0.15, -0.1) is 0 Å². The highest BCUT2D eigenvalue weighted by Crippen LogP contribution is 2.53. The van der Waals surface area contributed by atoms with Gasteiger partial charge in [0, 0.05) is 76.0 Å². The van der Waals surface area contributed by atoms with E-state index in [2.05, 4.69) is 366 Å². The van der Waals surface area contributed by atoms with E-state index in [0.717, 1.165) is 88.0 Å². The molecule has 0 radical (unpaired) electrons. The molecule has 0 N–H and O–H groups in total. The van der Waals surface area contributed by atoms with Gasteiger partial charge in [0.1, 0.15) is 0 Å². The lowest BCUT2D eigenvalue weighted by atomic mass is 9.82. The molecule has 16 aromatic carbocycles. The van der Waals surface area contributed by atoms with Crippen LogP contribution in [0.25, 0.3) is 179 Å². The molecule has 4 heterocycles. The maximum Gasteiger partial charge on any atom is 0.226 e. The Balaban J connectivity index is 0.000000125. The van der Waals surface area contributed by atoms with E-state index in [4.69, 9.17) is 31.5 Å². The van der Waals surface area contributed by atoms with Gasteiger partial charge < -0.3 is 9.13 Å². The zero-order valence-electron chi connectivity index (χ0n) is 65.3. The predicted octanol–water partition coefficient (Wildman–Crippen LogP) is 28.7. The second-order valence-electron chi connectivity index (χ2n) is 31.3. The maximum atomic E-state index is 6.30. The number of nitrogens with zero attached hydrogens (tertiary/aromatic N) is 8. The van der Waals surface area contributed by atoms with E-state index in [0.29, 0.717) is 29.1 Å². The lowest BCUT2D eigenvalue weighted by Gasteiger charge is -2.21. The smallest absolute Gasteiger partial charge is 0.226 e. The highest BCUT2D eigenvalue weighted by molar-refractivity contribution is 9.10. The molecule has 10 heteroatoms. The quantitative estimate of drug-likeness (QED) is 0.128. The first-order valence-electron chi connectivity index (χ1n) is 39.8. The third kappa shape index (κ3) is 13.4. The van der Waals surface area contributed by atoms with Crippen LogP contribution in [-0.2, 0) is 10.8 Å². The fraction of sp³-hybridized carbons (Fsp3) is 0.0556. The summed E-state index contributed by atoms with van der Waals surface area (Å²) in [7, 11) is 0. The molecule has 0 fully saturated rings. The van der Waals surface area contributed by atoms with E-state index in [1.54, 1.807) is 0 Å². The van der Waals surface area contributed by atoms with Crippen molar-refractivity contribution in [1.82, 2.24) is 39.0 Å². The first kappa shape index (κ1) is 72.8. The van der Waals surface area contributed by atoms with Gasteiger partial charge >= 0.3 is 0 Å². The van der Waals surface area contributed by atoms with Gasteiger partial charge in [-0.3, -0.25) is 0 Å². The van der Waals surface area contributed by atoms with Crippen molar-refractivity contribution in [1.29, 1.82) is 0 Å². The summed E-state index contributed by atoms with van der Waals surface area (Å²) >= 11 is 9.95. The van der Waals surface area contributed by atoms with Crippen LogP contribution in [0.5, 0.6) is 0 Å². The molecule has 118 heavy (non-hydrogen) atoms. The standard InChI is InChI=1S/C54H38N4.C27H20BrN.C27H18ClN3/c1-54(2)47-27-14-12-25-43(47)45-33-46-44-26-13-15-28-49(44)58(50(46)34-48(45)54)42-24-16-23-38(32-42)52-55-51(37-21-10-5-11-22-37)56-53(57-52)41-30-39(35-17-6-3-7-18-35)29-40(31-41)36-19-8-4-9-20-36;1-27(2)23-12-5-3-10-19(23)21-15-22-20-11-4-6-13-25(20)29(26(22)16-24(21)27)18-9-7-8-17(28)14-18;28-27-30-25(21-14-8-3-9-15-21)29-26(31-27)24-17-22(19-10-4-1-5-11-19)16-23(18-24)20-12-6-2-7-13-20/h3-34H,1-2H3;3-16H,1-2H3;1-18H. The summed E-state index contributed by atoms with van der Waals surface area (Å²) in [6.07, 6.45) is 0. The molecule has 0 aliphatic heterocycles. The molecule has 0 atom stereocenters. The normalized spacial score (nSPS) is 12.6. The van der Waals surface area contributed by atoms with Crippen molar-refractivity contribution in [3.8, 4) is 135 Å². The molecular weight excluding hydrogens is 1520 g/mol. The molecule has 0 unspecified atom stereocenters. The van der Waals surface area contributed by atoms with Crippen molar-refractivity contribution in [3.63, 3.8) is 0 Å². The summed E-state index contributed by atoms with van der Waals surface area (Å²) in [6, 6.07) is 137. The van der Waals surface area contributed by atoms with E-state index in [1.165, 1.54) is 88.3 Å². The second kappa shape index (κ2) is 30.3. The lowest BCUT2D eigenvalue weighted by Crippen LogP contribution is -2.14. The molecule has 562 valence electrons. The molecule has 2 aliphatic rings. The fourth-order valence-corrected chi connectivity index (χ4v) is 18.1. The van der Waals surface area contributed by atoms with Crippen molar-refractivity contribution >= 4 is 71.1 Å². The van der Waals surface area contributed by atoms with Crippen molar-refractivity contribution < 1.29 is 0 Å². The minimum Gasteiger partial charge on any atom is -0.309 e. The van der Waals surface area contributed by atoms with E-state index >= 15 is 0 Å². The van der Waals surface area contributed by atoms with Crippen LogP contribution in [0.4, 0.5) is 0 Å². The molecule has 0 amide bonds. The number of para-hydroxylation sites is 2. The minimum atomic E-state index is -0.115. The monoisotopic (exact) mass is 1600 g/mol. The minimum absolute atomic E-state index is 0.00132. The molecule has 2 aliphatic carbocycles. The SMILES string of the molecule is CC1(C)c2ccccc2-c2cc3c4ccccc4n(-c4cccc(-c5nc(-c6ccccc6)nc(-c6cc(-c7ccccc7)cc(-c7ccccc7)c6)n5)c4)c3cc21.CC1(C)c2ccccc2-c2cc3c4ccccc4n(-c4cccc(Br)c4)c3cc21.Clc1nc(-c2ccccc2)nc(-c2cc(-c3ccccc3)cc(-c3ccccc3)c2)n1. The molecule has 8 nitrogen and oxygen atoms in total. The van der Waals surface area contributed by atoms with Crippen LogP contribution >= 0.6 is 27.5 Å². The van der Waals surface area contributed by atoms with Gasteiger partial charge in [0.05, 0.1) is 22.1 Å². The highest BCUT2D eigenvalue weighted by Gasteiger charge is 2.38. The third-order valence-electron chi connectivity index (χ3n) is 23.3. The van der Waals surface area contributed by atoms with Crippen LogP contribution in [0.2, 0.25) is 5.28 Å². The average molecular weight is 1600 g/mol. The molecule has 0 bridgehead atoms. The Bertz CT molecular complexity index is 7130. The first-order valence-corrected chi connectivity index (χ1v) is 41.0. The van der Waals surface area contributed by atoms with E-state index in [-0.39, 0.29) is 16.1 Å².